The monoisotopic (exact) mass is 503 g/mol. The number of hydrogen-bond donors (Lipinski definition) is 1. The summed E-state index contributed by atoms with van der Waals surface area (Å²) in [4.78, 5) is 31.3. The minimum atomic E-state index is -0.917. The number of nitrogens with zero attached hydrogens (tertiary/aromatic N) is 4. The fourth-order valence-corrected chi connectivity index (χ4v) is 4.24. The van der Waals surface area contributed by atoms with Gasteiger partial charge in [0.1, 0.15) is 18.4 Å². The predicted molar refractivity (Wildman–Crippen MR) is 133 cm³/mol. The molecule has 5 rings (SSSR count). The largest absolute Gasteiger partial charge is 0.489 e. The van der Waals surface area contributed by atoms with Crippen LogP contribution in [0.25, 0.3) is 0 Å². The van der Waals surface area contributed by atoms with Gasteiger partial charge in [-0.2, -0.15) is 14.2 Å². The van der Waals surface area contributed by atoms with Gasteiger partial charge in [-0.05, 0) is 48.7 Å². The highest BCUT2D eigenvalue weighted by atomic mass is 19.1. The highest BCUT2D eigenvalue weighted by Gasteiger charge is 2.31. The van der Waals surface area contributed by atoms with Crippen molar-refractivity contribution in [3.05, 3.63) is 71.6 Å². The fraction of sp³-hybridized carbons (Fsp3) is 0.333. The normalized spacial score (nSPS) is 17.7. The lowest BCUT2D eigenvalue weighted by molar-refractivity contribution is -0.120. The lowest BCUT2D eigenvalue weighted by Crippen LogP contribution is -2.50. The van der Waals surface area contributed by atoms with Crippen molar-refractivity contribution in [2.75, 3.05) is 31.8 Å². The van der Waals surface area contributed by atoms with Gasteiger partial charge in [0.2, 0.25) is 5.95 Å². The van der Waals surface area contributed by atoms with E-state index in [0.29, 0.717) is 35.0 Å². The molecule has 1 fully saturated rings. The van der Waals surface area contributed by atoms with Gasteiger partial charge in [-0.25, -0.2) is 9.78 Å². The van der Waals surface area contributed by atoms with Crippen LogP contribution in [0.2, 0.25) is 0 Å². The summed E-state index contributed by atoms with van der Waals surface area (Å²) in [6.07, 6.45) is 5.17. The Labute approximate surface area is 213 Å². The minimum Gasteiger partial charge on any atom is -0.489 e. The number of hydrogen-bond acceptors (Lipinski definition) is 6. The first kappa shape index (κ1) is 24.5. The van der Waals surface area contributed by atoms with Crippen LogP contribution in [0.5, 0.6) is 5.75 Å². The number of halogens is 1. The quantitative estimate of drug-likeness (QED) is 0.436. The zero-order valence-electron chi connectivity index (χ0n) is 20.3. The van der Waals surface area contributed by atoms with Gasteiger partial charge in [-0.15, -0.1) is 0 Å². The van der Waals surface area contributed by atoms with E-state index >= 15 is 0 Å². The zero-order valence-corrected chi connectivity index (χ0v) is 20.3. The van der Waals surface area contributed by atoms with Crippen LogP contribution >= 0.6 is 0 Å². The van der Waals surface area contributed by atoms with E-state index in [1.54, 1.807) is 25.2 Å². The average molecular weight is 504 g/mol. The molecule has 1 aromatic carbocycles. The van der Waals surface area contributed by atoms with Gasteiger partial charge in [-0.1, -0.05) is 17.9 Å². The Morgan fingerprint density at radius 1 is 1.24 bits per heavy atom. The first-order chi connectivity index (χ1) is 18.0. The van der Waals surface area contributed by atoms with Crippen LogP contribution in [0.3, 0.4) is 0 Å². The Morgan fingerprint density at radius 2 is 2.08 bits per heavy atom. The van der Waals surface area contributed by atoms with Crippen LogP contribution in [-0.4, -0.2) is 59.6 Å². The number of nitrogens with one attached hydrogen (secondary N) is 1. The van der Waals surface area contributed by atoms with Crippen LogP contribution in [-0.2, 0) is 16.0 Å². The molecule has 0 spiro atoms. The van der Waals surface area contributed by atoms with E-state index in [1.807, 2.05) is 12.1 Å². The summed E-state index contributed by atoms with van der Waals surface area (Å²) in [5.74, 6) is 6.44. The summed E-state index contributed by atoms with van der Waals surface area (Å²) in [6, 6.07) is 8.51. The second-order valence-corrected chi connectivity index (χ2v) is 8.97. The van der Waals surface area contributed by atoms with Crippen LogP contribution < -0.4 is 15.0 Å². The molecule has 9 nitrogen and oxygen atoms in total. The molecular formula is C27H26FN5O4. The Morgan fingerprint density at radius 3 is 2.89 bits per heavy atom. The van der Waals surface area contributed by atoms with Crippen molar-refractivity contribution < 1.29 is 23.5 Å². The number of aromatic nitrogens is 3. The molecule has 1 N–H and O–H groups in total. The van der Waals surface area contributed by atoms with E-state index in [4.69, 9.17) is 9.47 Å². The molecule has 1 unspecified atom stereocenters. The highest BCUT2D eigenvalue weighted by molar-refractivity contribution is 6.00. The van der Waals surface area contributed by atoms with Gasteiger partial charge in [-0.3, -0.25) is 4.79 Å². The number of likely N-dealkylation sites (N-methyl/N-ethyl adjacent to an activating group) is 1. The van der Waals surface area contributed by atoms with E-state index in [1.165, 1.54) is 23.4 Å². The van der Waals surface area contributed by atoms with Crippen molar-refractivity contribution >= 4 is 17.6 Å². The molecular weight excluding hydrogens is 477 g/mol. The summed E-state index contributed by atoms with van der Waals surface area (Å²) in [5.41, 5.74) is 2.57. The molecule has 2 aliphatic heterocycles. The molecule has 1 atom stereocenters. The van der Waals surface area contributed by atoms with Crippen molar-refractivity contribution in [2.24, 2.45) is 5.92 Å². The number of ether oxygens (including phenoxy) is 2. The standard InChI is InChI=1S/C27H26FN5O4/c1-32-23-14-19(6-5-18-9-11-36-12-10-18)7-8-24(23)37-17-22(26(32)34)31-27(35)33-16-20(15-29-33)13-21-3-2-4-25(28)30-21/h2-4,7-8,14-16,18,22H,9-13,17H2,1H3,(H,31,35). The number of fused-ring (bicyclic) bond motifs is 1. The molecule has 2 amide bonds. The van der Waals surface area contributed by atoms with Crippen molar-refractivity contribution in [1.29, 1.82) is 0 Å². The van der Waals surface area contributed by atoms with Crippen LogP contribution in [0, 0.1) is 23.7 Å². The van der Waals surface area contributed by atoms with Crippen LogP contribution in [0.15, 0.2) is 48.8 Å². The first-order valence-electron chi connectivity index (χ1n) is 12.1. The fourth-order valence-electron chi connectivity index (χ4n) is 4.24. The predicted octanol–water partition coefficient (Wildman–Crippen LogP) is 2.77. The number of anilines is 1. The summed E-state index contributed by atoms with van der Waals surface area (Å²) < 4.78 is 25.7. The zero-order chi connectivity index (χ0) is 25.8. The van der Waals surface area contributed by atoms with Crippen LogP contribution in [0.4, 0.5) is 14.9 Å². The number of benzene rings is 1. The van der Waals surface area contributed by atoms with E-state index in [2.05, 4.69) is 27.2 Å². The Balaban J connectivity index is 1.25. The molecule has 2 aliphatic rings. The Hall–Kier alpha value is -4.23. The Kier molecular flexibility index (Phi) is 7.14. The molecule has 4 heterocycles. The van der Waals surface area contributed by atoms with E-state index in [-0.39, 0.29) is 12.5 Å². The van der Waals surface area contributed by atoms with Gasteiger partial charge in [0.25, 0.3) is 5.91 Å². The SMILES string of the molecule is CN1C(=O)C(NC(=O)n2cc(Cc3cccc(F)n3)cn2)COc2ccc(C#CC3CCOCC3)cc21. The van der Waals surface area contributed by atoms with Gasteiger partial charge >= 0.3 is 6.03 Å². The van der Waals surface area contributed by atoms with Gasteiger partial charge in [0.05, 0.1) is 11.9 Å². The number of pyridine rings is 1. The van der Waals surface area contributed by atoms with Crippen LogP contribution in [0.1, 0.15) is 29.7 Å². The van der Waals surface area contributed by atoms with E-state index in [0.717, 1.165) is 36.3 Å². The summed E-state index contributed by atoms with van der Waals surface area (Å²) >= 11 is 0. The lowest BCUT2D eigenvalue weighted by atomic mass is 10.0. The highest BCUT2D eigenvalue weighted by Crippen LogP contribution is 2.31. The van der Waals surface area contributed by atoms with Crippen molar-refractivity contribution in [3.63, 3.8) is 0 Å². The van der Waals surface area contributed by atoms with Crippen molar-refractivity contribution in [1.82, 2.24) is 20.1 Å². The minimum absolute atomic E-state index is 0.0314. The maximum Gasteiger partial charge on any atom is 0.342 e. The van der Waals surface area contributed by atoms with E-state index < -0.39 is 18.0 Å². The summed E-state index contributed by atoms with van der Waals surface area (Å²) in [6.45, 7) is 1.42. The summed E-state index contributed by atoms with van der Waals surface area (Å²) in [7, 11) is 1.64. The molecule has 0 radical (unpaired) electrons. The molecule has 3 aromatic rings. The molecule has 1 saturated heterocycles. The van der Waals surface area contributed by atoms with Gasteiger partial charge < -0.3 is 19.7 Å². The first-order valence-corrected chi connectivity index (χ1v) is 12.1. The second kappa shape index (κ2) is 10.8. The van der Waals surface area contributed by atoms with Crippen molar-refractivity contribution in [2.45, 2.75) is 25.3 Å². The number of rotatable bonds is 3. The lowest BCUT2D eigenvalue weighted by Gasteiger charge is -2.20. The number of carbonyl (C=O) groups excluding carboxylic acids is 2. The molecule has 10 heteroatoms. The molecule has 0 saturated carbocycles. The van der Waals surface area contributed by atoms with Gasteiger partial charge in [0.15, 0.2) is 0 Å². The van der Waals surface area contributed by atoms with E-state index in [9.17, 15) is 14.0 Å². The number of amides is 2. The molecule has 2 aromatic heterocycles. The number of carbonyl (C=O) groups is 2. The Bertz CT molecular complexity index is 1370. The molecule has 190 valence electrons. The third kappa shape index (κ3) is 5.78. The third-order valence-electron chi connectivity index (χ3n) is 6.30. The van der Waals surface area contributed by atoms with Crippen molar-refractivity contribution in [3.8, 4) is 17.6 Å². The topological polar surface area (TPSA) is 98.6 Å². The van der Waals surface area contributed by atoms with Gasteiger partial charge in [0, 0.05) is 50.1 Å². The molecule has 37 heavy (non-hydrogen) atoms. The smallest absolute Gasteiger partial charge is 0.342 e. The third-order valence-corrected chi connectivity index (χ3v) is 6.30. The summed E-state index contributed by atoms with van der Waals surface area (Å²) in [5, 5.41) is 6.76. The maximum atomic E-state index is 13.3. The second-order valence-electron chi connectivity index (χ2n) is 8.97. The average Bonchev–Trinajstić information content (AvgIpc) is 3.34. The molecule has 0 bridgehead atoms. The maximum absolute atomic E-state index is 13.3. The molecule has 0 aliphatic carbocycles.